The van der Waals surface area contributed by atoms with E-state index in [9.17, 15) is 13.6 Å². The van der Waals surface area contributed by atoms with E-state index < -0.39 is 17.5 Å². The van der Waals surface area contributed by atoms with Crippen molar-refractivity contribution in [3.05, 3.63) is 65.7 Å². The molecule has 9 heteroatoms. The summed E-state index contributed by atoms with van der Waals surface area (Å²) in [5.74, 6) is -3.65. The maximum Gasteiger partial charge on any atom is 0.287 e. The van der Waals surface area contributed by atoms with Gasteiger partial charge in [0.05, 0.1) is 0 Å². The number of thioether (sulfide) groups is 1. The number of rotatable bonds is 6. The summed E-state index contributed by atoms with van der Waals surface area (Å²) in [4.78, 5) is 16.2. The summed E-state index contributed by atoms with van der Waals surface area (Å²) >= 11 is 1.54. The summed E-state index contributed by atoms with van der Waals surface area (Å²) in [6, 6.07) is 11.3. The van der Waals surface area contributed by atoms with Gasteiger partial charge in [-0.15, -0.1) is 10.2 Å². The second-order valence-electron chi connectivity index (χ2n) is 6.36. The molecule has 0 unspecified atom stereocenters. The molecule has 3 aromatic rings. The lowest BCUT2D eigenvalue weighted by molar-refractivity contribution is 0.0126. The predicted octanol–water partition coefficient (Wildman–Crippen LogP) is 4.43. The molecular formula is C19H19F2N5OS. The first-order valence-corrected chi connectivity index (χ1v) is 9.39. The number of carbonyl (C=O) groups is 1. The standard InChI is InChI=1S/C19H19F2N5OS/c1-12(28-18-25-22-11-26(18)3)13-6-4-7-14(10-13)23-17(27)15-8-5-9-16(24-15)19(2,20)21/h4-12H,1-3H3,(H,23,27)/t12-/m0/s1. The van der Waals surface area contributed by atoms with Crippen LogP contribution in [0.15, 0.2) is 53.9 Å². The number of pyridine rings is 1. The molecule has 1 amide bonds. The number of anilines is 1. The molecule has 0 bridgehead atoms. The van der Waals surface area contributed by atoms with Crippen molar-refractivity contribution in [2.45, 2.75) is 30.2 Å². The summed E-state index contributed by atoms with van der Waals surface area (Å²) in [5.41, 5.74) is 1.03. The topological polar surface area (TPSA) is 72.7 Å². The number of carbonyl (C=O) groups excluding carboxylic acids is 1. The Morgan fingerprint density at radius 1 is 1.25 bits per heavy atom. The number of nitrogens with one attached hydrogen (secondary N) is 1. The van der Waals surface area contributed by atoms with Crippen LogP contribution < -0.4 is 5.32 Å². The maximum absolute atomic E-state index is 13.4. The van der Waals surface area contributed by atoms with Crippen molar-refractivity contribution in [1.29, 1.82) is 0 Å². The van der Waals surface area contributed by atoms with Crippen LogP contribution in [0, 0.1) is 0 Å². The van der Waals surface area contributed by atoms with Crippen molar-refractivity contribution in [2.75, 3.05) is 5.32 Å². The van der Waals surface area contributed by atoms with Gasteiger partial charge in [-0.25, -0.2) is 4.98 Å². The molecule has 0 fully saturated rings. The van der Waals surface area contributed by atoms with E-state index in [0.717, 1.165) is 17.6 Å². The van der Waals surface area contributed by atoms with Crippen LogP contribution in [-0.2, 0) is 13.0 Å². The number of halogens is 2. The highest BCUT2D eigenvalue weighted by Crippen LogP contribution is 2.34. The lowest BCUT2D eigenvalue weighted by Crippen LogP contribution is -2.17. The average molecular weight is 403 g/mol. The van der Waals surface area contributed by atoms with Crippen molar-refractivity contribution in [2.24, 2.45) is 7.05 Å². The second kappa shape index (κ2) is 8.05. The molecule has 3 rings (SSSR count). The lowest BCUT2D eigenvalue weighted by atomic mass is 10.1. The third-order valence-electron chi connectivity index (χ3n) is 4.00. The maximum atomic E-state index is 13.4. The van der Waals surface area contributed by atoms with Gasteiger partial charge in [-0.3, -0.25) is 4.79 Å². The number of alkyl halides is 2. The molecule has 0 aliphatic carbocycles. The molecule has 0 saturated carbocycles. The van der Waals surface area contributed by atoms with Crippen molar-refractivity contribution in [3.63, 3.8) is 0 Å². The summed E-state index contributed by atoms with van der Waals surface area (Å²) in [7, 11) is 1.87. The van der Waals surface area contributed by atoms with Crippen LogP contribution in [0.4, 0.5) is 14.5 Å². The monoisotopic (exact) mass is 403 g/mol. The second-order valence-corrected chi connectivity index (χ2v) is 7.67. The number of benzene rings is 1. The van der Waals surface area contributed by atoms with E-state index in [4.69, 9.17) is 0 Å². The zero-order valence-corrected chi connectivity index (χ0v) is 16.4. The molecular weight excluding hydrogens is 384 g/mol. The fourth-order valence-electron chi connectivity index (χ4n) is 2.48. The van der Waals surface area contributed by atoms with Gasteiger partial charge in [-0.1, -0.05) is 30.0 Å². The van der Waals surface area contributed by atoms with Gasteiger partial charge in [0.25, 0.3) is 11.8 Å². The zero-order chi connectivity index (χ0) is 20.3. The molecule has 2 aromatic heterocycles. The lowest BCUT2D eigenvalue weighted by Gasteiger charge is -2.13. The Bertz CT molecular complexity index is 986. The fraction of sp³-hybridized carbons (Fsp3) is 0.263. The van der Waals surface area contributed by atoms with Gasteiger partial charge in [0.15, 0.2) is 5.16 Å². The molecule has 1 aromatic carbocycles. The van der Waals surface area contributed by atoms with Crippen LogP contribution in [0.5, 0.6) is 0 Å². The van der Waals surface area contributed by atoms with Crippen LogP contribution in [0.25, 0.3) is 0 Å². The molecule has 2 heterocycles. The molecule has 0 aliphatic heterocycles. The molecule has 0 radical (unpaired) electrons. The summed E-state index contributed by atoms with van der Waals surface area (Å²) in [6.45, 7) is 2.77. The van der Waals surface area contributed by atoms with E-state index in [1.807, 2.05) is 36.7 Å². The highest BCUT2D eigenvalue weighted by Gasteiger charge is 2.27. The normalized spacial score (nSPS) is 12.6. The van der Waals surface area contributed by atoms with E-state index in [2.05, 4.69) is 20.5 Å². The van der Waals surface area contributed by atoms with E-state index in [1.54, 1.807) is 12.4 Å². The minimum Gasteiger partial charge on any atom is -0.321 e. The van der Waals surface area contributed by atoms with Gasteiger partial charge in [0, 0.05) is 24.9 Å². The first kappa shape index (κ1) is 19.9. The van der Waals surface area contributed by atoms with Gasteiger partial charge in [-0.2, -0.15) is 8.78 Å². The Balaban J connectivity index is 1.74. The Kier molecular flexibility index (Phi) is 5.73. The first-order valence-electron chi connectivity index (χ1n) is 8.51. The van der Waals surface area contributed by atoms with Crippen LogP contribution in [0.2, 0.25) is 0 Å². The molecule has 0 saturated heterocycles. The summed E-state index contributed by atoms with van der Waals surface area (Å²) in [5, 5.41) is 11.5. The number of nitrogens with zero attached hydrogens (tertiary/aromatic N) is 4. The SMILES string of the molecule is C[C@H](Sc1nncn1C)c1cccc(NC(=O)c2cccc(C(C)(F)F)n2)c1. The number of aryl methyl sites for hydroxylation is 1. The molecule has 146 valence electrons. The van der Waals surface area contributed by atoms with Crippen molar-refractivity contribution >= 4 is 23.4 Å². The van der Waals surface area contributed by atoms with Gasteiger partial charge in [-0.05, 0) is 36.8 Å². The van der Waals surface area contributed by atoms with Gasteiger partial charge >= 0.3 is 0 Å². The molecule has 1 N–H and O–H groups in total. The Morgan fingerprint density at radius 3 is 2.68 bits per heavy atom. The minimum atomic E-state index is -3.11. The van der Waals surface area contributed by atoms with E-state index in [1.165, 1.54) is 30.0 Å². The van der Waals surface area contributed by atoms with Crippen LogP contribution in [0.3, 0.4) is 0 Å². The highest BCUT2D eigenvalue weighted by atomic mass is 32.2. The van der Waals surface area contributed by atoms with Crippen molar-refractivity contribution < 1.29 is 13.6 Å². The third-order valence-corrected chi connectivity index (χ3v) is 5.20. The molecule has 0 spiro atoms. The minimum absolute atomic E-state index is 0.0639. The van der Waals surface area contributed by atoms with Gasteiger partial charge in [0.1, 0.15) is 17.7 Å². The Morgan fingerprint density at radius 2 is 2.00 bits per heavy atom. The van der Waals surface area contributed by atoms with E-state index in [-0.39, 0.29) is 10.9 Å². The fourth-order valence-corrected chi connectivity index (χ4v) is 3.38. The molecule has 6 nitrogen and oxygen atoms in total. The van der Waals surface area contributed by atoms with Crippen LogP contribution in [-0.4, -0.2) is 25.7 Å². The number of hydrogen-bond acceptors (Lipinski definition) is 5. The number of amides is 1. The third kappa shape index (κ3) is 4.72. The Labute approximate surface area is 165 Å². The van der Waals surface area contributed by atoms with Gasteiger partial charge in [0.2, 0.25) is 0 Å². The summed E-state index contributed by atoms with van der Waals surface area (Å²) < 4.78 is 28.7. The van der Waals surface area contributed by atoms with Crippen LogP contribution >= 0.6 is 11.8 Å². The number of aromatic nitrogens is 4. The van der Waals surface area contributed by atoms with Crippen LogP contribution in [0.1, 0.15) is 40.8 Å². The number of hydrogen-bond donors (Lipinski definition) is 1. The first-order chi connectivity index (χ1) is 13.2. The van der Waals surface area contributed by atoms with Gasteiger partial charge < -0.3 is 9.88 Å². The van der Waals surface area contributed by atoms with Crippen molar-refractivity contribution in [3.8, 4) is 0 Å². The van der Waals surface area contributed by atoms with E-state index in [0.29, 0.717) is 5.69 Å². The Hall–Kier alpha value is -2.81. The molecule has 0 aliphatic rings. The molecule has 28 heavy (non-hydrogen) atoms. The zero-order valence-electron chi connectivity index (χ0n) is 15.6. The average Bonchev–Trinajstić information content (AvgIpc) is 3.06. The van der Waals surface area contributed by atoms with Crippen molar-refractivity contribution in [1.82, 2.24) is 19.7 Å². The quantitative estimate of drug-likeness (QED) is 0.617. The highest BCUT2D eigenvalue weighted by molar-refractivity contribution is 7.99. The molecule has 1 atom stereocenters. The smallest absolute Gasteiger partial charge is 0.287 e. The summed E-state index contributed by atoms with van der Waals surface area (Å²) in [6.07, 6.45) is 1.63. The largest absolute Gasteiger partial charge is 0.321 e. The van der Waals surface area contributed by atoms with E-state index >= 15 is 0 Å². The predicted molar refractivity (Wildman–Crippen MR) is 103 cm³/mol.